The molecule has 1 aromatic heterocycles. The number of nitrogens with zero attached hydrogens (tertiary/aromatic N) is 1. The monoisotopic (exact) mass is 394 g/mol. The van der Waals surface area contributed by atoms with E-state index in [1.54, 1.807) is 24.3 Å². The first-order chi connectivity index (χ1) is 13.5. The van der Waals surface area contributed by atoms with Crippen molar-refractivity contribution < 1.29 is 8.42 Å². The van der Waals surface area contributed by atoms with Crippen LogP contribution in [0.1, 0.15) is 36.3 Å². The molecule has 28 heavy (non-hydrogen) atoms. The van der Waals surface area contributed by atoms with E-state index in [0.29, 0.717) is 22.8 Å². The number of likely N-dealkylation sites (N-methyl/N-ethyl adjacent to an activating group) is 1. The molecule has 2 aliphatic rings. The van der Waals surface area contributed by atoms with Crippen LogP contribution >= 0.6 is 0 Å². The van der Waals surface area contributed by atoms with Gasteiger partial charge in [-0.3, -0.25) is 0 Å². The Balaban J connectivity index is 1.39. The predicted octanol–water partition coefficient (Wildman–Crippen LogP) is 4.14. The number of hydrogen-bond acceptors (Lipinski definition) is 3. The third-order valence-corrected chi connectivity index (χ3v) is 8.56. The van der Waals surface area contributed by atoms with Gasteiger partial charge in [0, 0.05) is 28.6 Å². The molecule has 1 N–H and O–H groups in total. The summed E-state index contributed by atoms with van der Waals surface area (Å²) in [5, 5.41) is 1.26. The highest BCUT2D eigenvalue weighted by atomic mass is 32.2. The van der Waals surface area contributed by atoms with Gasteiger partial charge in [-0.05, 0) is 74.7 Å². The van der Waals surface area contributed by atoms with Gasteiger partial charge in [-0.1, -0.05) is 24.3 Å². The fourth-order valence-electron chi connectivity index (χ4n) is 5.06. The maximum Gasteiger partial charge on any atom is 0.178 e. The molecule has 5 heteroatoms. The summed E-state index contributed by atoms with van der Waals surface area (Å²) in [5.74, 6) is 0.732. The minimum absolute atomic E-state index is 0.137. The van der Waals surface area contributed by atoms with Crippen LogP contribution in [0.3, 0.4) is 0 Å². The summed E-state index contributed by atoms with van der Waals surface area (Å²) in [7, 11) is -1.00. The first-order valence-electron chi connectivity index (χ1n) is 10.1. The number of sulfone groups is 1. The number of aromatic nitrogens is 1. The minimum Gasteiger partial charge on any atom is -0.361 e. The molecular weight excluding hydrogens is 368 g/mol. The van der Waals surface area contributed by atoms with E-state index < -0.39 is 9.84 Å². The lowest BCUT2D eigenvalue weighted by atomic mass is 10.0. The summed E-state index contributed by atoms with van der Waals surface area (Å²) in [6, 6.07) is 15.1. The molecule has 1 aliphatic carbocycles. The first-order valence-corrected chi connectivity index (χ1v) is 11.7. The molecule has 1 aliphatic heterocycles. The number of rotatable bonds is 5. The smallest absolute Gasteiger partial charge is 0.178 e. The van der Waals surface area contributed by atoms with Crippen LogP contribution in [-0.4, -0.2) is 43.2 Å². The maximum absolute atomic E-state index is 12.6. The molecule has 1 unspecified atom stereocenters. The molecule has 2 fully saturated rings. The molecule has 1 saturated carbocycles. The fourth-order valence-corrected chi connectivity index (χ4v) is 6.37. The molecule has 2 aromatic carbocycles. The van der Waals surface area contributed by atoms with Crippen molar-refractivity contribution in [3.63, 3.8) is 0 Å². The fraction of sp³-hybridized carbons (Fsp3) is 0.391. The highest BCUT2D eigenvalue weighted by Gasteiger charge is 2.59. The highest BCUT2D eigenvalue weighted by molar-refractivity contribution is 7.91. The Labute approximate surface area is 166 Å². The van der Waals surface area contributed by atoms with Gasteiger partial charge in [0.25, 0.3) is 0 Å². The third-order valence-electron chi connectivity index (χ3n) is 6.82. The van der Waals surface area contributed by atoms with Crippen LogP contribution in [0.2, 0.25) is 0 Å². The molecule has 1 saturated heterocycles. The van der Waals surface area contributed by atoms with Crippen LogP contribution in [0.4, 0.5) is 0 Å². The molecular formula is C23H26N2O2S. The van der Waals surface area contributed by atoms with Crippen molar-refractivity contribution in [3.05, 3.63) is 65.9 Å². The van der Waals surface area contributed by atoms with Gasteiger partial charge >= 0.3 is 0 Å². The minimum atomic E-state index is -3.25. The van der Waals surface area contributed by atoms with Gasteiger partial charge in [-0.15, -0.1) is 0 Å². The molecule has 0 radical (unpaired) electrons. The molecule has 1 spiro atoms. The van der Waals surface area contributed by atoms with Crippen molar-refractivity contribution in [2.75, 3.05) is 19.3 Å². The van der Waals surface area contributed by atoms with E-state index in [1.165, 1.54) is 36.8 Å². The second kappa shape index (κ2) is 6.46. The van der Waals surface area contributed by atoms with Crippen LogP contribution in [0.25, 0.3) is 10.9 Å². The Morgan fingerprint density at radius 2 is 2.00 bits per heavy atom. The third kappa shape index (κ3) is 2.88. The summed E-state index contributed by atoms with van der Waals surface area (Å²) >= 11 is 0. The van der Waals surface area contributed by atoms with Crippen LogP contribution in [-0.2, 0) is 16.3 Å². The van der Waals surface area contributed by atoms with Crippen molar-refractivity contribution in [2.24, 2.45) is 0 Å². The lowest BCUT2D eigenvalue weighted by Crippen LogP contribution is -2.28. The van der Waals surface area contributed by atoms with Gasteiger partial charge in [0.05, 0.1) is 10.6 Å². The topological polar surface area (TPSA) is 53.2 Å². The van der Waals surface area contributed by atoms with E-state index in [-0.39, 0.29) is 5.75 Å². The lowest BCUT2D eigenvalue weighted by Gasteiger charge is -2.20. The van der Waals surface area contributed by atoms with E-state index in [1.807, 2.05) is 12.1 Å². The molecule has 146 valence electrons. The van der Waals surface area contributed by atoms with Gasteiger partial charge in [-0.2, -0.15) is 0 Å². The molecule has 2 atom stereocenters. The van der Waals surface area contributed by atoms with Crippen LogP contribution < -0.4 is 0 Å². The van der Waals surface area contributed by atoms with E-state index in [2.05, 4.69) is 35.3 Å². The average molecular weight is 395 g/mol. The normalized spacial score (nSPS) is 25.0. The summed E-state index contributed by atoms with van der Waals surface area (Å²) in [5.41, 5.74) is 3.99. The van der Waals surface area contributed by atoms with Crippen LogP contribution in [0.15, 0.2) is 59.6 Å². The number of nitrogens with one attached hydrogen (secondary N) is 1. The number of aromatic amines is 1. The van der Waals surface area contributed by atoms with E-state index >= 15 is 0 Å². The standard InChI is InChI=1S/C23H26N2O2S/c1-25-12-5-11-23(25)15-21(23)20-16-24-22-9-8-17(14-19(20)22)10-13-28(26,27)18-6-3-2-4-7-18/h2-4,6-9,14,16,21,24H,5,10-13,15H2,1H3/t21-,23?/m0/s1. The predicted molar refractivity (Wildman–Crippen MR) is 112 cm³/mol. The maximum atomic E-state index is 12.6. The van der Waals surface area contributed by atoms with Gasteiger partial charge in [0.1, 0.15) is 0 Å². The Bertz CT molecular complexity index is 1120. The van der Waals surface area contributed by atoms with Crippen LogP contribution in [0, 0.1) is 0 Å². The summed E-state index contributed by atoms with van der Waals surface area (Å²) in [6.07, 6.45) is 6.52. The second-order valence-electron chi connectivity index (χ2n) is 8.39. The van der Waals surface area contributed by atoms with Gasteiger partial charge in [0.15, 0.2) is 9.84 Å². The van der Waals surface area contributed by atoms with Gasteiger partial charge < -0.3 is 9.88 Å². The number of benzene rings is 2. The summed E-state index contributed by atoms with van der Waals surface area (Å²) < 4.78 is 25.2. The van der Waals surface area contributed by atoms with Gasteiger partial charge in [-0.25, -0.2) is 8.42 Å². The largest absolute Gasteiger partial charge is 0.361 e. The van der Waals surface area contributed by atoms with E-state index in [9.17, 15) is 8.42 Å². The van der Waals surface area contributed by atoms with E-state index in [0.717, 1.165) is 11.1 Å². The molecule has 4 nitrogen and oxygen atoms in total. The van der Waals surface area contributed by atoms with Crippen molar-refractivity contribution >= 4 is 20.7 Å². The van der Waals surface area contributed by atoms with Crippen molar-refractivity contribution in [3.8, 4) is 0 Å². The van der Waals surface area contributed by atoms with Crippen molar-refractivity contribution in [1.29, 1.82) is 0 Å². The number of likely N-dealkylation sites (tertiary alicyclic amines) is 1. The molecule has 0 bridgehead atoms. The number of H-pyrrole nitrogens is 1. The number of hydrogen-bond donors (Lipinski definition) is 1. The molecule has 3 aromatic rings. The molecule has 5 rings (SSSR count). The van der Waals surface area contributed by atoms with Crippen LogP contribution in [0.5, 0.6) is 0 Å². The molecule has 0 amide bonds. The first kappa shape index (κ1) is 18.0. The second-order valence-corrected chi connectivity index (χ2v) is 10.5. The van der Waals surface area contributed by atoms with Crippen molar-refractivity contribution in [2.45, 2.75) is 42.0 Å². The Hall–Kier alpha value is -2.11. The Morgan fingerprint density at radius 3 is 2.75 bits per heavy atom. The number of fused-ring (bicyclic) bond motifs is 1. The van der Waals surface area contributed by atoms with Gasteiger partial charge in [0.2, 0.25) is 0 Å². The molecule has 2 heterocycles. The zero-order chi connectivity index (χ0) is 19.4. The zero-order valence-corrected chi connectivity index (χ0v) is 17.0. The SMILES string of the molecule is CN1CCCC12C[C@H]2c1c[nH]c2ccc(CCS(=O)(=O)c3ccccc3)cc12. The lowest BCUT2D eigenvalue weighted by molar-refractivity contribution is 0.283. The summed E-state index contributed by atoms with van der Waals surface area (Å²) in [4.78, 5) is 6.36. The Morgan fingerprint density at radius 1 is 1.18 bits per heavy atom. The average Bonchev–Trinajstić information content (AvgIpc) is 3.09. The quantitative estimate of drug-likeness (QED) is 0.708. The highest BCUT2D eigenvalue weighted by Crippen LogP contribution is 2.61. The van der Waals surface area contributed by atoms with E-state index in [4.69, 9.17) is 0 Å². The summed E-state index contributed by atoms with van der Waals surface area (Å²) in [6.45, 7) is 1.20. The zero-order valence-electron chi connectivity index (χ0n) is 16.2. The number of aryl methyl sites for hydroxylation is 1. The van der Waals surface area contributed by atoms with Crippen molar-refractivity contribution in [1.82, 2.24) is 9.88 Å². The Kier molecular flexibility index (Phi) is 4.14.